The third-order valence-corrected chi connectivity index (χ3v) is 2.95. The highest BCUT2D eigenvalue weighted by atomic mass is 127. The summed E-state index contributed by atoms with van der Waals surface area (Å²) in [5.41, 5.74) is 5.80. The van der Waals surface area contributed by atoms with Crippen molar-refractivity contribution < 1.29 is 13.6 Å². The maximum atomic E-state index is 12.4. The molecule has 0 atom stereocenters. The highest BCUT2D eigenvalue weighted by Crippen LogP contribution is 2.30. The molecule has 0 aliphatic heterocycles. The minimum atomic E-state index is -2.58. The fraction of sp³-hybridized carbons (Fsp3) is 0.222. The zero-order valence-corrected chi connectivity index (χ0v) is 9.51. The quantitative estimate of drug-likeness (QED) is 0.518. The molecule has 0 radical (unpaired) electrons. The molecule has 76 valence electrons. The smallest absolute Gasteiger partial charge is 0.264 e. The summed E-state index contributed by atoms with van der Waals surface area (Å²) in [5, 5.41) is 0. The van der Waals surface area contributed by atoms with Gasteiger partial charge in [0.15, 0.2) is 5.78 Å². The van der Waals surface area contributed by atoms with Crippen LogP contribution in [0.4, 0.5) is 14.5 Å². The van der Waals surface area contributed by atoms with Crippen LogP contribution in [0.1, 0.15) is 29.3 Å². The van der Waals surface area contributed by atoms with Crippen molar-refractivity contribution in [3.63, 3.8) is 0 Å². The van der Waals surface area contributed by atoms with E-state index in [1.165, 1.54) is 19.1 Å². The van der Waals surface area contributed by atoms with Crippen LogP contribution in [0.2, 0.25) is 0 Å². The van der Waals surface area contributed by atoms with E-state index in [0.29, 0.717) is 0 Å². The number of hydrogen-bond acceptors (Lipinski definition) is 2. The minimum Gasteiger partial charge on any atom is -0.398 e. The first-order valence-corrected chi connectivity index (χ1v) is 4.90. The Morgan fingerprint density at radius 2 is 2.07 bits per heavy atom. The van der Waals surface area contributed by atoms with Crippen LogP contribution in [-0.4, -0.2) is 5.78 Å². The number of alkyl halides is 2. The van der Waals surface area contributed by atoms with Crippen molar-refractivity contribution in [1.29, 1.82) is 0 Å². The summed E-state index contributed by atoms with van der Waals surface area (Å²) in [6.07, 6.45) is -2.58. The van der Waals surface area contributed by atoms with E-state index in [2.05, 4.69) is 0 Å². The predicted octanol–water partition coefficient (Wildman–Crippen LogP) is 3.01. The van der Waals surface area contributed by atoms with Crippen molar-refractivity contribution in [2.45, 2.75) is 13.3 Å². The molecule has 1 aromatic carbocycles. The highest BCUT2D eigenvalue weighted by molar-refractivity contribution is 14.1. The number of Topliss-reactive ketones (excluding diaryl/α,β-unsaturated/α-hetero) is 1. The maximum absolute atomic E-state index is 12.4. The first kappa shape index (κ1) is 11.4. The van der Waals surface area contributed by atoms with Crippen molar-refractivity contribution >= 4 is 34.1 Å². The van der Waals surface area contributed by atoms with Crippen molar-refractivity contribution in [3.05, 3.63) is 26.8 Å². The number of halogens is 3. The molecular weight excluding hydrogens is 303 g/mol. The van der Waals surface area contributed by atoms with Crippen molar-refractivity contribution in [1.82, 2.24) is 0 Å². The van der Waals surface area contributed by atoms with Gasteiger partial charge < -0.3 is 5.73 Å². The Balaban J connectivity index is 3.41. The number of benzene rings is 1. The van der Waals surface area contributed by atoms with Crippen LogP contribution < -0.4 is 5.73 Å². The highest BCUT2D eigenvalue weighted by Gasteiger charge is 2.18. The molecule has 5 heteroatoms. The molecule has 0 bridgehead atoms. The number of anilines is 1. The van der Waals surface area contributed by atoms with E-state index in [4.69, 9.17) is 5.73 Å². The third kappa shape index (κ3) is 2.02. The van der Waals surface area contributed by atoms with E-state index in [9.17, 15) is 13.6 Å². The second-order valence-corrected chi connectivity index (χ2v) is 3.87. The number of nitrogen functional groups attached to an aromatic ring is 1. The molecule has 0 aromatic heterocycles. The first-order valence-electron chi connectivity index (χ1n) is 3.82. The lowest BCUT2D eigenvalue weighted by atomic mass is 10.1. The van der Waals surface area contributed by atoms with Gasteiger partial charge in [-0.25, -0.2) is 8.78 Å². The summed E-state index contributed by atoms with van der Waals surface area (Å²) in [6.45, 7) is 1.31. The van der Waals surface area contributed by atoms with Crippen LogP contribution in [0, 0.1) is 3.57 Å². The number of nitrogens with two attached hydrogens (primary N) is 1. The van der Waals surface area contributed by atoms with Gasteiger partial charge in [0.25, 0.3) is 6.43 Å². The average Bonchev–Trinajstić information content (AvgIpc) is 2.02. The molecule has 1 aromatic rings. The van der Waals surface area contributed by atoms with Crippen LogP contribution in [0.3, 0.4) is 0 Å². The number of carbonyl (C=O) groups excluding carboxylic acids is 1. The Labute approximate surface area is 93.6 Å². The first-order chi connectivity index (χ1) is 6.45. The molecule has 1 rings (SSSR count). The van der Waals surface area contributed by atoms with E-state index >= 15 is 0 Å². The van der Waals surface area contributed by atoms with Gasteiger partial charge >= 0.3 is 0 Å². The van der Waals surface area contributed by atoms with E-state index in [1.54, 1.807) is 22.6 Å². The third-order valence-electron chi connectivity index (χ3n) is 1.79. The summed E-state index contributed by atoms with van der Waals surface area (Å²) < 4.78 is 25.1. The van der Waals surface area contributed by atoms with Gasteiger partial charge in [-0.3, -0.25) is 4.79 Å². The normalized spacial score (nSPS) is 10.6. The molecule has 14 heavy (non-hydrogen) atoms. The molecule has 2 nitrogen and oxygen atoms in total. The SMILES string of the molecule is CC(=O)c1c(N)ccc(C(F)F)c1I. The Morgan fingerprint density at radius 1 is 1.50 bits per heavy atom. The largest absolute Gasteiger partial charge is 0.398 e. The lowest BCUT2D eigenvalue weighted by Gasteiger charge is -2.09. The summed E-state index contributed by atoms with van der Waals surface area (Å²) in [5.74, 6) is -0.297. The number of rotatable bonds is 2. The van der Waals surface area contributed by atoms with E-state index in [1.807, 2.05) is 0 Å². The topological polar surface area (TPSA) is 43.1 Å². The molecule has 0 spiro atoms. The maximum Gasteiger partial charge on any atom is 0.264 e. The van der Waals surface area contributed by atoms with Crippen LogP contribution in [0.15, 0.2) is 12.1 Å². The Morgan fingerprint density at radius 3 is 2.50 bits per heavy atom. The van der Waals surface area contributed by atoms with E-state index < -0.39 is 6.43 Å². The summed E-state index contributed by atoms with van der Waals surface area (Å²) in [4.78, 5) is 11.1. The Bertz CT molecular complexity index is 379. The molecule has 0 aliphatic rings. The summed E-state index contributed by atoms with van der Waals surface area (Å²) in [7, 11) is 0. The molecular formula is C9H8F2INO. The lowest BCUT2D eigenvalue weighted by molar-refractivity contribution is 0.101. The van der Waals surface area contributed by atoms with Crippen LogP contribution in [0.25, 0.3) is 0 Å². The van der Waals surface area contributed by atoms with Crippen molar-refractivity contribution in [2.75, 3.05) is 5.73 Å². The van der Waals surface area contributed by atoms with Gasteiger partial charge in [-0.05, 0) is 35.6 Å². The molecule has 0 heterocycles. The summed E-state index contributed by atoms with van der Waals surface area (Å²) >= 11 is 1.72. The molecule has 0 fully saturated rings. The van der Waals surface area contributed by atoms with Gasteiger partial charge in [0.05, 0.1) is 5.56 Å². The molecule has 0 saturated heterocycles. The van der Waals surface area contributed by atoms with Crippen molar-refractivity contribution in [3.8, 4) is 0 Å². The molecule has 2 N–H and O–H groups in total. The van der Waals surface area contributed by atoms with Crippen LogP contribution in [0.5, 0.6) is 0 Å². The fourth-order valence-corrected chi connectivity index (χ4v) is 2.24. The van der Waals surface area contributed by atoms with E-state index in [-0.39, 0.29) is 26.2 Å². The fourth-order valence-electron chi connectivity index (χ4n) is 1.13. The van der Waals surface area contributed by atoms with Gasteiger partial charge in [-0.2, -0.15) is 0 Å². The van der Waals surface area contributed by atoms with Gasteiger partial charge in [-0.1, -0.05) is 6.07 Å². The Hall–Kier alpha value is -0.720. The Kier molecular flexibility index (Phi) is 3.41. The molecule has 0 unspecified atom stereocenters. The second-order valence-electron chi connectivity index (χ2n) is 2.79. The van der Waals surface area contributed by atoms with Gasteiger partial charge in [0, 0.05) is 14.8 Å². The van der Waals surface area contributed by atoms with Gasteiger partial charge in [0.1, 0.15) is 0 Å². The van der Waals surface area contributed by atoms with Gasteiger partial charge in [-0.15, -0.1) is 0 Å². The predicted molar refractivity (Wildman–Crippen MR) is 58.5 cm³/mol. The monoisotopic (exact) mass is 311 g/mol. The van der Waals surface area contributed by atoms with Crippen LogP contribution in [-0.2, 0) is 0 Å². The molecule has 0 aliphatic carbocycles. The van der Waals surface area contributed by atoms with Crippen LogP contribution >= 0.6 is 22.6 Å². The van der Waals surface area contributed by atoms with Crippen molar-refractivity contribution in [2.24, 2.45) is 0 Å². The van der Waals surface area contributed by atoms with E-state index in [0.717, 1.165) is 0 Å². The summed E-state index contributed by atoms with van der Waals surface area (Å²) in [6, 6.07) is 2.58. The number of carbonyl (C=O) groups is 1. The second kappa shape index (κ2) is 4.20. The minimum absolute atomic E-state index is 0.148. The molecule has 0 amide bonds. The lowest BCUT2D eigenvalue weighted by Crippen LogP contribution is -2.05. The number of ketones is 1. The number of hydrogen-bond donors (Lipinski definition) is 1. The molecule has 0 saturated carbocycles. The zero-order valence-electron chi connectivity index (χ0n) is 7.35. The standard InChI is InChI=1S/C9H8F2INO/c1-4(14)7-6(13)3-2-5(8(7)12)9(10)11/h2-3,9H,13H2,1H3. The average molecular weight is 311 g/mol. The van der Waals surface area contributed by atoms with Gasteiger partial charge in [0.2, 0.25) is 0 Å². The zero-order chi connectivity index (χ0) is 10.9.